The normalized spacial score (nSPS) is 24.5. The number of hydrogen-bond acceptors (Lipinski definition) is 4. The molecule has 4 nitrogen and oxygen atoms in total. The zero-order valence-electron chi connectivity index (χ0n) is 16.7. The molecule has 0 saturated heterocycles. The first kappa shape index (κ1) is 20.6. The number of benzene rings is 2. The van der Waals surface area contributed by atoms with Crippen LogP contribution in [0.1, 0.15) is 30.4 Å². The van der Waals surface area contributed by atoms with Crippen LogP contribution in [0.3, 0.4) is 0 Å². The molecule has 1 unspecified atom stereocenters. The Bertz CT molecular complexity index is 959. The summed E-state index contributed by atoms with van der Waals surface area (Å²) in [4.78, 5) is 2.49. The van der Waals surface area contributed by atoms with Crippen molar-refractivity contribution in [1.29, 1.82) is 0 Å². The standard InChI is InChI=1S/C24H25I2NO3/c1-4-10-21-18(7-1)15-27-16-19-8-2-5-11-22(19)29-25-14-13-24(28-21)26-30-23-12-6-3-9-20(23)17-27/h1-2,4-5,7-12,24H,3,6,13-17H2/q-2/t24-/m0/s1. The Morgan fingerprint density at radius 1 is 0.800 bits per heavy atom. The van der Waals surface area contributed by atoms with Gasteiger partial charge in [-0.15, -0.1) is 0 Å². The molecule has 3 aliphatic rings. The van der Waals surface area contributed by atoms with Crippen LogP contribution >= 0.6 is 0 Å². The Balaban J connectivity index is 1.58. The van der Waals surface area contributed by atoms with Gasteiger partial charge in [-0.05, 0) is 0 Å². The number of rotatable bonds is 0. The second kappa shape index (κ2) is 9.91. The third kappa shape index (κ3) is 4.96. The first-order chi connectivity index (χ1) is 14.8. The molecule has 0 saturated carbocycles. The fourth-order valence-corrected chi connectivity index (χ4v) is 8.82. The van der Waals surface area contributed by atoms with Crippen LogP contribution in [0.25, 0.3) is 0 Å². The average molecular weight is 629 g/mol. The number of allylic oxidation sites excluding steroid dienone is 2. The topological polar surface area (TPSA) is 30.9 Å². The van der Waals surface area contributed by atoms with Crippen LogP contribution in [-0.4, -0.2) is 20.0 Å². The monoisotopic (exact) mass is 629 g/mol. The molecule has 6 heteroatoms. The Hall–Kier alpha value is -1.26. The minimum absolute atomic E-state index is 0.139. The molecule has 2 bridgehead atoms. The van der Waals surface area contributed by atoms with Gasteiger partial charge in [-0.1, -0.05) is 0 Å². The number of para-hydroxylation sites is 2. The molecule has 30 heavy (non-hydrogen) atoms. The molecule has 0 N–H and O–H groups in total. The van der Waals surface area contributed by atoms with E-state index >= 15 is 0 Å². The Labute approximate surface area is 199 Å². The third-order valence-corrected chi connectivity index (χ3v) is 9.39. The summed E-state index contributed by atoms with van der Waals surface area (Å²) in [6.07, 6.45) is 7.80. The van der Waals surface area contributed by atoms with Crippen molar-refractivity contribution in [3.8, 4) is 11.5 Å². The summed E-state index contributed by atoms with van der Waals surface area (Å²) in [5, 5.41) is 0. The molecule has 2 aliphatic heterocycles. The quantitative estimate of drug-likeness (QED) is 0.272. The van der Waals surface area contributed by atoms with E-state index in [1.807, 2.05) is 0 Å². The van der Waals surface area contributed by atoms with Gasteiger partial charge in [0.2, 0.25) is 0 Å². The molecule has 0 spiro atoms. The van der Waals surface area contributed by atoms with Gasteiger partial charge in [0, 0.05) is 0 Å². The van der Waals surface area contributed by atoms with Crippen molar-refractivity contribution in [3.05, 3.63) is 83.1 Å². The second-order valence-electron chi connectivity index (χ2n) is 7.59. The van der Waals surface area contributed by atoms with E-state index in [9.17, 15) is 0 Å². The summed E-state index contributed by atoms with van der Waals surface area (Å²) in [5.74, 6) is 3.15. The predicted octanol–water partition coefficient (Wildman–Crippen LogP) is -1.18. The van der Waals surface area contributed by atoms with Crippen molar-refractivity contribution in [1.82, 2.24) is 4.90 Å². The van der Waals surface area contributed by atoms with Crippen molar-refractivity contribution in [2.75, 3.05) is 11.0 Å². The summed E-state index contributed by atoms with van der Waals surface area (Å²) < 4.78 is 20.5. The molecule has 2 atom stereocenters. The van der Waals surface area contributed by atoms with Crippen LogP contribution in [0.4, 0.5) is 0 Å². The molecular weight excluding hydrogens is 604 g/mol. The average Bonchev–Trinajstić information content (AvgIpc) is 2.78. The van der Waals surface area contributed by atoms with E-state index in [0.717, 1.165) is 60.6 Å². The summed E-state index contributed by atoms with van der Waals surface area (Å²) in [7, 11) is 0. The van der Waals surface area contributed by atoms with Gasteiger partial charge in [0.05, 0.1) is 0 Å². The van der Waals surface area contributed by atoms with Gasteiger partial charge in [-0.25, -0.2) is 0 Å². The van der Waals surface area contributed by atoms with E-state index < -0.39 is 21.6 Å². The van der Waals surface area contributed by atoms with E-state index in [4.69, 9.17) is 10.9 Å². The first-order valence-electron chi connectivity index (χ1n) is 10.4. The van der Waals surface area contributed by atoms with Crippen LogP contribution < -0.4 is 51.0 Å². The SMILES string of the molecule is C1=C2CN3Cc4ccccc4O[I-]CC[C@H](Oc4ccccc4C3)[I-]OC2=CCC1. The Morgan fingerprint density at radius 2 is 1.53 bits per heavy atom. The fraction of sp³-hybridized carbons (Fsp3) is 0.333. The van der Waals surface area contributed by atoms with Crippen molar-refractivity contribution >= 4 is 0 Å². The summed E-state index contributed by atoms with van der Waals surface area (Å²) in [6.45, 7) is 2.56. The summed E-state index contributed by atoms with van der Waals surface area (Å²) in [6, 6.07) is 17.0. The number of halogens is 2. The van der Waals surface area contributed by atoms with Gasteiger partial charge in [-0.3, -0.25) is 0 Å². The molecule has 1 aliphatic carbocycles. The summed E-state index contributed by atoms with van der Waals surface area (Å²) >= 11 is -0.936. The number of nitrogens with zero attached hydrogens (tertiary/aromatic N) is 1. The van der Waals surface area contributed by atoms with Crippen molar-refractivity contribution in [2.45, 2.75) is 36.5 Å². The third-order valence-electron chi connectivity index (χ3n) is 5.36. The van der Waals surface area contributed by atoms with Gasteiger partial charge in [-0.2, -0.15) is 0 Å². The van der Waals surface area contributed by atoms with E-state index in [1.54, 1.807) is 0 Å². The zero-order chi connectivity index (χ0) is 20.2. The molecule has 0 radical (unpaired) electrons. The maximum absolute atomic E-state index is 6.56. The van der Waals surface area contributed by atoms with Crippen molar-refractivity contribution in [2.24, 2.45) is 0 Å². The van der Waals surface area contributed by atoms with Gasteiger partial charge in [0.25, 0.3) is 0 Å². The molecule has 0 amide bonds. The van der Waals surface area contributed by atoms with E-state index in [2.05, 4.69) is 65.6 Å². The van der Waals surface area contributed by atoms with Crippen molar-refractivity contribution in [3.63, 3.8) is 0 Å². The minimum atomic E-state index is -0.570. The Kier molecular flexibility index (Phi) is 6.81. The number of fused-ring (bicyclic) bond motifs is 4. The van der Waals surface area contributed by atoms with E-state index in [0.29, 0.717) is 0 Å². The van der Waals surface area contributed by atoms with Crippen LogP contribution in [0, 0.1) is 0 Å². The van der Waals surface area contributed by atoms with Crippen LogP contribution in [0.2, 0.25) is 0 Å². The van der Waals surface area contributed by atoms with Crippen LogP contribution in [0.15, 0.2) is 72.0 Å². The van der Waals surface area contributed by atoms with Gasteiger partial charge in [0.15, 0.2) is 0 Å². The maximum atomic E-state index is 6.56. The van der Waals surface area contributed by atoms with Crippen LogP contribution in [0.5, 0.6) is 11.5 Å². The van der Waals surface area contributed by atoms with Crippen LogP contribution in [-0.2, 0) is 16.2 Å². The van der Waals surface area contributed by atoms with Gasteiger partial charge in [0.1, 0.15) is 0 Å². The van der Waals surface area contributed by atoms with Crippen molar-refractivity contribution < 1.29 is 54.1 Å². The molecular formula is C24H25I2NO3-2. The van der Waals surface area contributed by atoms with Gasteiger partial charge < -0.3 is 0 Å². The molecule has 2 aromatic rings. The molecule has 2 aromatic carbocycles. The molecule has 0 aromatic heterocycles. The van der Waals surface area contributed by atoms with Gasteiger partial charge >= 0.3 is 201 Å². The predicted molar refractivity (Wildman–Crippen MR) is 108 cm³/mol. The molecule has 5 rings (SSSR count). The summed E-state index contributed by atoms with van der Waals surface area (Å²) in [5.41, 5.74) is 3.84. The van der Waals surface area contributed by atoms with E-state index in [1.165, 1.54) is 16.7 Å². The zero-order valence-corrected chi connectivity index (χ0v) is 21.0. The molecule has 0 fully saturated rings. The molecule has 160 valence electrons. The molecule has 2 heterocycles. The number of ether oxygens (including phenoxy) is 1. The van der Waals surface area contributed by atoms with E-state index in [-0.39, 0.29) is 25.7 Å². The Morgan fingerprint density at radius 3 is 2.40 bits per heavy atom. The fourth-order valence-electron chi connectivity index (χ4n) is 3.86. The number of alkyl halides is 2. The first-order valence-corrected chi connectivity index (χ1v) is 14.9. The number of hydrogen-bond donors (Lipinski definition) is 0. The second-order valence-corrected chi connectivity index (χ2v) is 12.1.